The molecule has 6 aliphatic rings. The molecule has 4 saturated carbocycles. The van der Waals surface area contributed by atoms with Crippen LogP contribution in [-0.2, 0) is 9.53 Å². The lowest BCUT2D eigenvalue weighted by atomic mass is 9.47. The molecular formula is C31H51NO9. The van der Waals surface area contributed by atoms with E-state index < -0.39 is 94.7 Å². The van der Waals surface area contributed by atoms with E-state index in [0.29, 0.717) is 25.3 Å². The number of carbonyl (C=O) groups is 1. The SMILES string of the molecule is CCC(C)C(=O)O[C@@H]1C2C(O)C3CC[C@H](C)CN3CC2C2C[C@@]3(O)C(C(O)CC4[C@@H](O)[C@@H](O)CC[C@@]43C)[C@]2(O)[C@H]1O. The van der Waals surface area contributed by atoms with Gasteiger partial charge in [0, 0.05) is 36.4 Å². The molecule has 234 valence electrons. The van der Waals surface area contributed by atoms with Crippen molar-refractivity contribution in [3.05, 3.63) is 0 Å². The maximum atomic E-state index is 13.1. The van der Waals surface area contributed by atoms with Crippen LogP contribution in [0.1, 0.15) is 72.6 Å². The Kier molecular flexibility index (Phi) is 7.43. The minimum atomic E-state index is -1.99. The third-order valence-electron chi connectivity index (χ3n) is 13.2. The molecule has 9 unspecified atom stereocenters. The van der Waals surface area contributed by atoms with Gasteiger partial charge in [0.2, 0.25) is 0 Å². The summed E-state index contributed by atoms with van der Waals surface area (Å²) in [4.78, 5) is 15.4. The van der Waals surface area contributed by atoms with Crippen LogP contribution >= 0.6 is 0 Å². The van der Waals surface area contributed by atoms with Gasteiger partial charge < -0.3 is 40.5 Å². The summed E-state index contributed by atoms with van der Waals surface area (Å²) < 4.78 is 6.02. The van der Waals surface area contributed by atoms with Crippen LogP contribution in [-0.4, -0.2) is 114 Å². The summed E-state index contributed by atoms with van der Waals surface area (Å²) in [6.07, 6.45) is -3.98. The van der Waals surface area contributed by atoms with Crippen LogP contribution < -0.4 is 0 Å². The largest absolute Gasteiger partial charge is 0.459 e. The molecule has 2 heterocycles. The Morgan fingerprint density at radius 2 is 1.71 bits per heavy atom. The molecule has 0 aromatic rings. The molecule has 10 heteroatoms. The number of rotatable bonds is 3. The zero-order chi connectivity index (χ0) is 29.8. The second kappa shape index (κ2) is 10.1. The van der Waals surface area contributed by atoms with E-state index in [1.807, 2.05) is 13.8 Å². The molecule has 0 amide bonds. The van der Waals surface area contributed by atoms with Crippen LogP contribution in [0.15, 0.2) is 0 Å². The molecule has 0 spiro atoms. The van der Waals surface area contributed by atoms with Crippen molar-refractivity contribution in [1.29, 1.82) is 0 Å². The molecule has 0 bridgehead atoms. The summed E-state index contributed by atoms with van der Waals surface area (Å²) in [5.74, 6) is -3.97. The number of esters is 1. The molecule has 41 heavy (non-hydrogen) atoms. The minimum Gasteiger partial charge on any atom is -0.459 e. The third kappa shape index (κ3) is 4.01. The Bertz CT molecular complexity index is 1030. The third-order valence-corrected chi connectivity index (χ3v) is 13.2. The highest BCUT2D eigenvalue weighted by molar-refractivity contribution is 5.72. The van der Waals surface area contributed by atoms with Crippen molar-refractivity contribution in [2.45, 2.75) is 127 Å². The van der Waals surface area contributed by atoms with Gasteiger partial charge in [-0.25, -0.2) is 0 Å². The summed E-state index contributed by atoms with van der Waals surface area (Å²) in [7, 11) is 0. The molecule has 10 nitrogen and oxygen atoms in total. The fraction of sp³-hybridized carbons (Fsp3) is 0.968. The highest BCUT2D eigenvalue weighted by Gasteiger charge is 2.79. The van der Waals surface area contributed by atoms with E-state index in [1.165, 1.54) is 0 Å². The average molecular weight is 582 g/mol. The molecule has 0 aromatic carbocycles. The summed E-state index contributed by atoms with van der Waals surface area (Å²) in [5.41, 5.74) is -4.58. The van der Waals surface area contributed by atoms with Crippen LogP contribution in [0.4, 0.5) is 0 Å². The summed E-state index contributed by atoms with van der Waals surface area (Å²) in [5, 5.41) is 82.4. The van der Waals surface area contributed by atoms with Crippen molar-refractivity contribution >= 4 is 5.97 Å². The fourth-order valence-corrected chi connectivity index (χ4v) is 10.8. The monoisotopic (exact) mass is 581 g/mol. The van der Waals surface area contributed by atoms with Crippen molar-refractivity contribution in [2.75, 3.05) is 13.1 Å². The van der Waals surface area contributed by atoms with E-state index in [9.17, 15) is 40.5 Å². The van der Waals surface area contributed by atoms with Crippen LogP contribution in [0.2, 0.25) is 0 Å². The second-order valence-corrected chi connectivity index (χ2v) is 15.1. The van der Waals surface area contributed by atoms with Gasteiger partial charge >= 0.3 is 5.97 Å². The van der Waals surface area contributed by atoms with Crippen LogP contribution in [0.5, 0.6) is 0 Å². The molecule has 6 fully saturated rings. The van der Waals surface area contributed by atoms with Crippen LogP contribution in [0, 0.1) is 46.8 Å². The van der Waals surface area contributed by atoms with Gasteiger partial charge in [-0.2, -0.15) is 0 Å². The Morgan fingerprint density at radius 3 is 2.39 bits per heavy atom. The van der Waals surface area contributed by atoms with Crippen molar-refractivity contribution in [1.82, 2.24) is 4.90 Å². The van der Waals surface area contributed by atoms with Gasteiger partial charge in [-0.05, 0) is 68.6 Å². The lowest BCUT2D eigenvalue weighted by Gasteiger charge is -2.63. The number of ether oxygens (including phenoxy) is 1. The van der Waals surface area contributed by atoms with Crippen molar-refractivity contribution in [2.24, 2.45) is 46.8 Å². The number of hydrogen-bond acceptors (Lipinski definition) is 10. The van der Waals surface area contributed by atoms with Crippen molar-refractivity contribution in [3.63, 3.8) is 0 Å². The fourth-order valence-electron chi connectivity index (χ4n) is 10.8. The maximum Gasteiger partial charge on any atom is 0.309 e. The van der Waals surface area contributed by atoms with E-state index in [2.05, 4.69) is 11.8 Å². The Balaban J connectivity index is 1.45. The van der Waals surface area contributed by atoms with Crippen molar-refractivity contribution in [3.8, 4) is 0 Å². The van der Waals surface area contributed by atoms with E-state index in [0.717, 1.165) is 19.4 Å². The number of fused-ring (bicyclic) bond motifs is 8. The van der Waals surface area contributed by atoms with Gasteiger partial charge in [-0.3, -0.25) is 9.69 Å². The summed E-state index contributed by atoms with van der Waals surface area (Å²) >= 11 is 0. The molecular weight excluding hydrogens is 530 g/mol. The number of aliphatic hydroxyl groups is 7. The van der Waals surface area contributed by atoms with E-state index in [4.69, 9.17) is 4.74 Å². The number of carbonyl (C=O) groups excluding carboxylic acids is 1. The lowest BCUT2D eigenvalue weighted by Crippen LogP contribution is -2.75. The molecule has 2 saturated heterocycles. The first-order chi connectivity index (χ1) is 19.2. The topological polar surface area (TPSA) is 171 Å². The Morgan fingerprint density at radius 1 is 1.00 bits per heavy atom. The van der Waals surface area contributed by atoms with Crippen LogP contribution in [0.3, 0.4) is 0 Å². The first kappa shape index (κ1) is 30.2. The second-order valence-electron chi connectivity index (χ2n) is 15.1. The summed E-state index contributed by atoms with van der Waals surface area (Å²) in [6.45, 7) is 8.98. The zero-order valence-corrected chi connectivity index (χ0v) is 24.8. The highest BCUT2D eigenvalue weighted by atomic mass is 16.6. The van der Waals surface area contributed by atoms with E-state index >= 15 is 0 Å². The molecule has 7 N–H and O–H groups in total. The zero-order valence-electron chi connectivity index (χ0n) is 24.8. The van der Waals surface area contributed by atoms with E-state index in [-0.39, 0.29) is 25.3 Å². The van der Waals surface area contributed by atoms with Crippen molar-refractivity contribution < 1.29 is 45.3 Å². The average Bonchev–Trinajstić information content (AvgIpc) is 3.20. The van der Waals surface area contributed by atoms with Gasteiger partial charge in [0.1, 0.15) is 17.8 Å². The Hall–Kier alpha value is -0.850. The van der Waals surface area contributed by atoms with Gasteiger partial charge in [-0.15, -0.1) is 0 Å². The van der Waals surface area contributed by atoms with Gasteiger partial charge in [0.15, 0.2) is 0 Å². The lowest BCUT2D eigenvalue weighted by molar-refractivity contribution is -0.296. The first-order valence-corrected chi connectivity index (χ1v) is 16.0. The molecule has 6 rings (SSSR count). The van der Waals surface area contributed by atoms with Gasteiger partial charge in [0.05, 0.1) is 35.9 Å². The first-order valence-electron chi connectivity index (χ1n) is 16.0. The predicted molar refractivity (Wildman–Crippen MR) is 147 cm³/mol. The maximum absolute atomic E-state index is 13.1. The number of piperidine rings is 2. The predicted octanol–water partition coefficient (Wildman–Crippen LogP) is 0.0272. The standard InChI is InChI=1S/C31H51NO9/c1-5-15(3)28(38)41-25-22-16(13-32-12-14(2)6-7-19(32)24(22)36)18-11-30(39)26(31(18,40)27(25)37)21(34)10-17-23(35)20(33)8-9-29(17,30)4/h14-27,33-37,39-40H,5-13H2,1-4H3/t14-,15?,16?,17?,18?,19?,20-,21?,22?,23+,24?,25+,26?,27-,29-,30+,31-/m0/s1. The van der Waals surface area contributed by atoms with Gasteiger partial charge in [-0.1, -0.05) is 27.7 Å². The number of nitrogens with zero attached hydrogens (tertiary/aromatic N) is 1. The summed E-state index contributed by atoms with van der Waals surface area (Å²) in [6, 6.07) is -0.148. The van der Waals surface area contributed by atoms with E-state index in [1.54, 1.807) is 6.92 Å². The smallest absolute Gasteiger partial charge is 0.309 e. The molecule has 0 aromatic heterocycles. The number of hydrogen-bond donors (Lipinski definition) is 7. The van der Waals surface area contributed by atoms with Crippen LogP contribution in [0.25, 0.3) is 0 Å². The quantitative estimate of drug-likeness (QED) is 0.226. The minimum absolute atomic E-state index is 0.0587. The normalized spacial score (nSPS) is 57.4. The molecule has 2 aliphatic heterocycles. The van der Waals surface area contributed by atoms with Gasteiger partial charge in [0.25, 0.3) is 0 Å². The molecule has 4 aliphatic carbocycles. The molecule has 17 atom stereocenters. The Labute approximate surface area is 242 Å². The highest BCUT2D eigenvalue weighted by Crippen LogP contribution is 2.70. The molecule has 0 radical (unpaired) electrons. The number of aliphatic hydroxyl groups excluding tert-OH is 5.